The topological polar surface area (TPSA) is 86.7 Å². The third kappa shape index (κ3) is 4.70. The summed E-state index contributed by atoms with van der Waals surface area (Å²) in [5.74, 6) is -3.07. The van der Waals surface area contributed by atoms with Gasteiger partial charge in [-0.05, 0) is 37.1 Å². The zero-order chi connectivity index (χ0) is 27.6. The maximum atomic E-state index is 14.4. The first-order valence-corrected chi connectivity index (χ1v) is 12.9. The first kappa shape index (κ1) is 25.9. The van der Waals surface area contributed by atoms with Gasteiger partial charge >= 0.3 is 12.0 Å². The Morgan fingerprint density at radius 3 is 1.92 bits per heavy atom. The lowest BCUT2D eigenvalue weighted by Crippen LogP contribution is -2.55. The summed E-state index contributed by atoms with van der Waals surface area (Å²) in [5.41, 5.74) is 1.60. The fraction of sp³-hybridized carbons (Fsp3) is 0.182. The van der Waals surface area contributed by atoms with Crippen LogP contribution in [-0.4, -0.2) is 33.3 Å². The number of likely N-dealkylation sites (tertiary alicyclic amines) is 1. The van der Waals surface area contributed by atoms with Crippen molar-refractivity contribution in [1.82, 2.24) is 4.90 Å². The normalized spacial score (nSPS) is 22.3. The lowest BCUT2D eigenvalue weighted by molar-refractivity contribution is -0.148. The van der Waals surface area contributed by atoms with E-state index < -0.39 is 35.4 Å². The largest absolute Gasteiger partial charge is 0.479 e. The van der Waals surface area contributed by atoms with E-state index in [4.69, 9.17) is 0 Å². The van der Waals surface area contributed by atoms with E-state index in [1.807, 2.05) is 73.7 Å². The van der Waals surface area contributed by atoms with Gasteiger partial charge in [-0.15, -0.1) is 0 Å². The number of carbonyl (C=O) groups is 3. The number of benzene rings is 4. The summed E-state index contributed by atoms with van der Waals surface area (Å²) in [4.78, 5) is 43.2. The Morgan fingerprint density at radius 2 is 1.33 bits per heavy atom. The average Bonchev–Trinajstić information content (AvgIpc) is 3.24. The van der Waals surface area contributed by atoms with Crippen molar-refractivity contribution in [2.24, 2.45) is 5.92 Å². The van der Waals surface area contributed by atoms with Crippen LogP contribution in [0.3, 0.4) is 0 Å². The molecule has 0 aromatic heterocycles. The van der Waals surface area contributed by atoms with Crippen molar-refractivity contribution in [1.29, 1.82) is 0 Å². The molecule has 1 aliphatic heterocycles. The van der Waals surface area contributed by atoms with E-state index in [1.165, 1.54) is 4.90 Å². The molecule has 2 N–H and O–H groups in total. The predicted octanol–water partition coefficient (Wildman–Crippen LogP) is 6.71. The SMILES string of the molecule is Cc1cccc(C2C(C(=O)c3ccccc3)C(c3ccccc3)C(C)(C(=O)O)N2C(=O)Nc2ccccc2)c1. The van der Waals surface area contributed by atoms with Gasteiger partial charge in [0.15, 0.2) is 5.78 Å². The Bertz CT molecular complexity index is 1490. The molecule has 6 heteroatoms. The van der Waals surface area contributed by atoms with Gasteiger partial charge in [-0.1, -0.05) is 109 Å². The van der Waals surface area contributed by atoms with Gasteiger partial charge < -0.3 is 10.4 Å². The van der Waals surface area contributed by atoms with Crippen LogP contribution in [0.15, 0.2) is 115 Å². The number of aryl methyl sites for hydroxylation is 1. The molecule has 196 valence electrons. The van der Waals surface area contributed by atoms with E-state index in [2.05, 4.69) is 5.32 Å². The van der Waals surface area contributed by atoms with Gasteiger partial charge in [0.2, 0.25) is 0 Å². The third-order valence-corrected chi connectivity index (χ3v) is 7.66. The molecule has 0 aliphatic carbocycles. The van der Waals surface area contributed by atoms with Crippen molar-refractivity contribution in [3.63, 3.8) is 0 Å². The van der Waals surface area contributed by atoms with E-state index in [0.29, 0.717) is 22.4 Å². The summed E-state index contributed by atoms with van der Waals surface area (Å²) in [6.45, 7) is 3.49. The van der Waals surface area contributed by atoms with Crippen LogP contribution in [0.5, 0.6) is 0 Å². The number of anilines is 1. The molecule has 4 aromatic rings. The van der Waals surface area contributed by atoms with Crippen LogP contribution in [0, 0.1) is 12.8 Å². The standard InChI is InChI=1S/C33H30N2O4/c1-22-13-12-18-25(21-22)29-27(30(36)24-16-8-4-9-17-24)28(23-14-6-3-7-15-23)33(2,31(37)38)35(29)32(39)34-26-19-10-5-11-20-26/h3-21,27-29H,1-2H3,(H,34,39)(H,37,38). The number of hydrogen-bond donors (Lipinski definition) is 2. The van der Waals surface area contributed by atoms with Gasteiger partial charge in [-0.25, -0.2) is 9.59 Å². The highest BCUT2D eigenvalue weighted by Gasteiger charge is 2.65. The molecule has 4 atom stereocenters. The lowest BCUT2D eigenvalue weighted by Gasteiger charge is -2.37. The summed E-state index contributed by atoms with van der Waals surface area (Å²) in [5, 5.41) is 13.7. The highest BCUT2D eigenvalue weighted by molar-refractivity contribution is 6.03. The number of urea groups is 1. The Labute approximate surface area is 227 Å². The highest BCUT2D eigenvalue weighted by Crippen LogP contribution is 2.56. The minimum absolute atomic E-state index is 0.210. The molecule has 1 heterocycles. The van der Waals surface area contributed by atoms with Crippen LogP contribution in [0.4, 0.5) is 10.5 Å². The minimum atomic E-state index is -1.75. The third-order valence-electron chi connectivity index (χ3n) is 7.66. The van der Waals surface area contributed by atoms with Gasteiger partial charge in [0, 0.05) is 17.2 Å². The van der Waals surface area contributed by atoms with E-state index in [-0.39, 0.29) is 5.78 Å². The summed E-state index contributed by atoms with van der Waals surface area (Å²) in [7, 11) is 0. The summed E-state index contributed by atoms with van der Waals surface area (Å²) in [6.07, 6.45) is 0. The van der Waals surface area contributed by atoms with Gasteiger partial charge in [-0.2, -0.15) is 0 Å². The van der Waals surface area contributed by atoms with Crippen molar-refractivity contribution in [3.8, 4) is 0 Å². The molecule has 1 saturated heterocycles. The number of hydrogen-bond acceptors (Lipinski definition) is 3. The molecular formula is C33H30N2O4. The number of rotatable bonds is 6. The van der Waals surface area contributed by atoms with Crippen LogP contribution in [0.1, 0.15) is 45.9 Å². The molecule has 1 aliphatic rings. The molecule has 0 saturated carbocycles. The number of aliphatic carboxylic acids is 1. The van der Waals surface area contributed by atoms with Gasteiger partial charge in [0.1, 0.15) is 5.54 Å². The van der Waals surface area contributed by atoms with Gasteiger partial charge in [-0.3, -0.25) is 9.69 Å². The van der Waals surface area contributed by atoms with Crippen molar-refractivity contribution < 1.29 is 19.5 Å². The molecule has 6 nitrogen and oxygen atoms in total. The molecular weight excluding hydrogens is 488 g/mol. The fourth-order valence-electron chi connectivity index (χ4n) is 5.90. The Hall–Kier alpha value is -4.71. The number of ketones is 1. The molecule has 4 aromatic carbocycles. The summed E-state index contributed by atoms with van der Waals surface area (Å²) < 4.78 is 0. The number of carboxylic acids is 1. The predicted molar refractivity (Wildman–Crippen MR) is 151 cm³/mol. The van der Waals surface area contributed by atoms with Crippen molar-refractivity contribution >= 4 is 23.5 Å². The maximum Gasteiger partial charge on any atom is 0.330 e. The molecule has 39 heavy (non-hydrogen) atoms. The quantitative estimate of drug-likeness (QED) is 0.278. The highest BCUT2D eigenvalue weighted by atomic mass is 16.4. The van der Waals surface area contributed by atoms with Gasteiger partial charge in [0.05, 0.1) is 12.0 Å². The first-order valence-electron chi connectivity index (χ1n) is 12.9. The maximum absolute atomic E-state index is 14.4. The molecule has 0 spiro atoms. The molecule has 2 amide bonds. The smallest absolute Gasteiger partial charge is 0.330 e. The van der Waals surface area contributed by atoms with E-state index in [1.54, 1.807) is 55.5 Å². The number of carbonyl (C=O) groups excluding carboxylic acids is 2. The van der Waals surface area contributed by atoms with E-state index >= 15 is 0 Å². The molecule has 1 fully saturated rings. The number of amides is 2. The second kappa shape index (κ2) is 10.6. The Morgan fingerprint density at radius 1 is 0.769 bits per heavy atom. The minimum Gasteiger partial charge on any atom is -0.479 e. The summed E-state index contributed by atoms with van der Waals surface area (Å²) >= 11 is 0. The van der Waals surface area contributed by atoms with Crippen LogP contribution in [0.2, 0.25) is 0 Å². The van der Waals surface area contributed by atoms with E-state index in [9.17, 15) is 19.5 Å². The lowest BCUT2D eigenvalue weighted by atomic mass is 9.71. The zero-order valence-electron chi connectivity index (χ0n) is 21.8. The number of para-hydroxylation sites is 1. The van der Waals surface area contributed by atoms with Crippen LogP contribution >= 0.6 is 0 Å². The molecule has 5 rings (SSSR count). The second-order valence-electron chi connectivity index (χ2n) is 10.1. The molecule has 4 unspecified atom stereocenters. The number of nitrogens with one attached hydrogen (secondary N) is 1. The zero-order valence-corrected chi connectivity index (χ0v) is 21.8. The second-order valence-corrected chi connectivity index (χ2v) is 10.1. The van der Waals surface area contributed by atoms with Crippen molar-refractivity contribution in [3.05, 3.63) is 138 Å². The number of nitrogens with zero attached hydrogens (tertiary/aromatic N) is 1. The van der Waals surface area contributed by atoms with Crippen molar-refractivity contribution in [2.75, 3.05) is 5.32 Å². The van der Waals surface area contributed by atoms with E-state index in [0.717, 1.165) is 5.56 Å². The Balaban J connectivity index is 1.77. The fourth-order valence-corrected chi connectivity index (χ4v) is 5.90. The monoisotopic (exact) mass is 518 g/mol. The average molecular weight is 519 g/mol. The summed E-state index contributed by atoms with van der Waals surface area (Å²) in [6, 6.07) is 33.2. The van der Waals surface area contributed by atoms with Crippen LogP contribution in [0.25, 0.3) is 0 Å². The van der Waals surface area contributed by atoms with Crippen LogP contribution < -0.4 is 5.32 Å². The first-order chi connectivity index (χ1) is 18.8. The number of Topliss-reactive ketones (excluding diaryl/α,β-unsaturated/α-hetero) is 1. The Kier molecular flexibility index (Phi) is 7.03. The molecule has 0 radical (unpaired) electrons. The van der Waals surface area contributed by atoms with Crippen molar-refractivity contribution in [2.45, 2.75) is 31.3 Å². The number of carboxylic acid groups (broad SMARTS) is 1. The van der Waals surface area contributed by atoms with Crippen LogP contribution in [-0.2, 0) is 4.79 Å². The molecule has 0 bridgehead atoms. The van der Waals surface area contributed by atoms with Gasteiger partial charge in [0.25, 0.3) is 0 Å².